The zero-order valence-corrected chi connectivity index (χ0v) is 12.5. The van der Waals surface area contributed by atoms with Gasteiger partial charge >= 0.3 is 5.69 Å². The lowest BCUT2D eigenvalue weighted by Gasteiger charge is -2.15. The fourth-order valence-corrected chi connectivity index (χ4v) is 2.16. The van der Waals surface area contributed by atoms with Gasteiger partial charge in [-0.2, -0.15) is 0 Å². The summed E-state index contributed by atoms with van der Waals surface area (Å²) in [5.74, 6) is 0.288. The van der Waals surface area contributed by atoms with Crippen LogP contribution in [0.4, 0.5) is 11.4 Å². The molecule has 5 heteroatoms. The van der Waals surface area contributed by atoms with E-state index >= 15 is 0 Å². The number of nitro benzene ring substituents is 1. The molecule has 0 radical (unpaired) electrons. The van der Waals surface area contributed by atoms with Crippen molar-refractivity contribution in [1.29, 1.82) is 0 Å². The lowest BCUT2D eigenvalue weighted by atomic mass is 10.1. The third-order valence-corrected chi connectivity index (χ3v) is 3.28. The lowest BCUT2D eigenvalue weighted by Crippen LogP contribution is -2.15. The van der Waals surface area contributed by atoms with Crippen LogP contribution >= 0.6 is 0 Å². The van der Waals surface area contributed by atoms with E-state index in [9.17, 15) is 10.1 Å². The maximum Gasteiger partial charge on any atom is 0.312 e. The molecule has 1 unspecified atom stereocenters. The Kier molecular flexibility index (Phi) is 6.84. The molecule has 0 aromatic heterocycles. The number of ether oxygens (including phenoxy) is 1. The fraction of sp³-hybridized carbons (Fsp3) is 0.600. The quantitative estimate of drug-likeness (QED) is 0.414. The summed E-state index contributed by atoms with van der Waals surface area (Å²) < 4.78 is 4.99. The highest BCUT2D eigenvalue weighted by Crippen LogP contribution is 2.30. The SMILES string of the molecule is CCCCCCC(C)Nc1ccc(OC)c([N+](=O)[O-])c1. The van der Waals surface area contributed by atoms with Crippen molar-refractivity contribution in [3.63, 3.8) is 0 Å². The summed E-state index contributed by atoms with van der Waals surface area (Å²) in [5, 5.41) is 14.3. The summed E-state index contributed by atoms with van der Waals surface area (Å²) in [4.78, 5) is 10.5. The van der Waals surface area contributed by atoms with Gasteiger partial charge in [0, 0.05) is 17.8 Å². The molecule has 1 atom stereocenters. The molecule has 1 aromatic carbocycles. The molecule has 0 aliphatic carbocycles. The Morgan fingerprint density at radius 2 is 2.10 bits per heavy atom. The van der Waals surface area contributed by atoms with E-state index in [0.717, 1.165) is 12.1 Å². The van der Waals surface area contributed by atoms with Crippen LogP contribution in [0, 0.1) is 10.1 Å². The lowest BCUT2D eigenvalue weighted by molar-refractivity contribution is -0.385. The van der Waals surface area contributed by atoms with Gasteiger partial charge < -0.3 is 10.1 Å². The highest BCUT2D eigenvalue weighted by Gasteiger charge is 2.15. The number of hydrogen-bond acceptors (Lipinski definition) is 4. The topological polar surface area (TPSA) is 64.4 Å². The van der Waals surface area contributed by atoms with Crippen LogP contribution in [0.3, 0.4) is 0 Å². The van der Waals surface area contributed by atoms with Crippen molar-refractivity contribution >= 4 is 11.4 Å². The number of unbranched alkanes of at least 4 members (excludes halogenated alkanes) is 3. The summed E-state index contributed by atoms with van der Waals surface area (Å²) in [6, 6.07) is 5.28. The van der Waals surface area contributed by atoms with Crippen molar-refractivity contribution in [2.75, 3.05) is 12.4 Å². The molecule has 0 spiro atoms. The number of nitrogens with one attached hydrogen (secondary N) is 1. The van der Waals surface area contributed by atoms with Gasteiger partial charge in [-0.25, -0.2) is 0 Å². The molecule has 0 saturated heterocycles. The second-order valence-corrected chi connectivity index (χ2v) is 5.04. The van der Waals surface area contributed by atoms with Gasteiger partial charge in [-0.1, -0.05) is 32.6 Å². The molecular weight excluding hydrogens is 256 g/mol. The van der Waals surface area contributed by atoms with Crippen LogP contribution in [0.25, 0.3) is 0 Å². The Labute approximate surface area is 120 Å². The van der Waals surface area contributed by atoms with E-state index in [4.69, 9.17) is 4.74 Å². The second-order valence-electron chi connectivity index (χ2n) is 5.04. The number of rotatable bonds is 9. The van der Waals surface area contributed by atoms with E-state index in [1.807, 2.05) is 6.07 Å². The average molecular weight is 280 g/mol. The van der Waals surface area contributed by atoms with Crippen molar-refractivity contribution in [3.05, 3.63) is 28.3 Å². The van der Waals surface area contributed by atoms with Crippen molar-refractivity contribution in [2.24, 2.45) is 0 Å². The molecule has 112 valence electrons. The van der Waals surface area contributed by atoms with Crippen molar-refractivity contribution in [1.82, 2.24) is 0 Å². The van der Waals surface area contributed by atoms with Gasteiger partial charge in [0.2, 0.25) is 0 Å². The van der Waals surface area contributed by atoms with Crippen molar-refractivity contribution in [2.45, 2.75) is 52.0 Å². The standard InChI is InChI=1S/C15H24N2O3/c1-4-5-6-7-8-12(2)16-13-9-10-15(20-3)14(11-13)17(18)19/h9-12,16H,4-8H2,1-3H3. The largest absolute Gasteiger partial charge is 0.490 e. The molecule has 0 fully saturated rings. The van der Waals surface area contributed by atoms with E-state index in [-0.39, 0.29) is 11.4 Å². The predicted octanol–water partition coefficient (Wildman–Crippen LogP) is 4.37. The Bertz CT molecular complexity index is 435. The van der Waals surface area contributed by atoms with Gasteiger partial charge in [-0.15, -0.1) is 0 Å². The minimum atomic E-state index is -0.421. The van der Waals surface area contributed by atoms with E-state index < -0.39 is 4.92 Å². The zero-order chi connectivity index (χ0) is 15.0. The molecule has 20 heavy (non-hydrogen) atoms. The van der Waals surface area contributed by atoms with E-state index in [1.54, 1.807) is 6.07 Å². The van der Waals surface area contributed by atoms with Gasteiger partial charge in [0.15, 0.2) is 5.75 Å². The normalized spacial score (nSPS) is 11.9. The van der Waals surface area contributed by atoms with Gasteiger partial charge in [-0.3, -0.25) is 10.1 Å². The third-order valence-electron chi connectivity index (χ3n) is 3.28. The fourth-order valence-electron chi connectivity index (χ4n) is 2.16. The van der Waals surface area contributed by atoms with Crippen LogP contribution in [0.2, 0.25) is 0 Å². The number of nitro groups is 1. The molecular formula is C15H24N2O3. The second kappa shape index (κ2) is 8.40. The van der Waals surface area contributed by atoms with Crippen LogP contribution in [0.1, 0.15) is 46.0 Å². The summed E-state index contributed by atoms with van der Waals surface area (Å²) >= 11 is 0. The van der Waals surface area contributed by atoms with Gasteiger partial charge in [0.1, 0.15) is 0 Å². The van der Waals surface area contributed by atoms with Crippen molar-refractivity contribution < 1.29 is 9.66 Å². The summed E-state index contributed by atoms with van der Waals surface area (Å²) in [5.41, 5.74) is 0.760. The van der Waals surface area contributed by atoms with Crippen LogP contribution in [-0.2, 0) is 0 Å². The maximum atomic E-state index is 11.0. The van der Waals surface area contributed by atoms with Gasteiger partial charge in [0.25, 0.3) is 0 Å². The third kappa shape index (κ3) is 5.07. The molecule has 0 amide bonds. The monoisotopic (exact) mass is 280 g/mol. The first-order chi connectivity index (χ1) is 9.58. The van der Waals surface area contributed by atoms with E-state index in [2.05, 4.69) is 19.2 Å². The molecule has 0 heterocycles. The van der Waals surface area contributed by atoms with Gasteiger partial charge in [0.05, 0.1) is 12.0 Å². The van der Waals surface area contributed by atoms with E-state index in [0.29, 0.717) is 6.04 Å². The number of hydrogen-bond donors (Lipinski definition) is 1. The molecule has 0 saturated carbocycles. The average Bonchev–Trinajstić information content (AvgIpc) is 2.43. The Morgan fingerprint density at radius 3 is 2.70 bits per heavy atom. The van der Waals surface area contributed by atoms with Crippen LogP contribution in [0.5, 0.6) is 5.75 Å². The summed E-state index contributed by atoms with van der Waals surface area (Å²) in [7, 11) is 1.44. The number of nitrogens with zero attached hydrogens (tertiary/aromatic N) is 1. The first-order valence-electron chi connectivity index (χ1n) is 7.17. The highest BCUT2D eigenvalue weighted by atomic mass is 16.6. The molecule has 0 aliphatic rings. The molecule has 1 N–H and O–H groups in total. The van der Waals surface area contributed by atoms with Crippen molar-refractivity contribution in [3.8, 4) is 5.75 Å². The van der Waals surface area contributed by atoms with Crippen LogP contribution in [-0.4, -0.2) is 18.1 Å². The first-order valence-corrected chi connectivity index (χ1v) is 7.17. The molecule has 1 aromatic rings. The number of methoxy groups -OCH3 is 1. The van der Waals surface area contributed by atoms with E-state index in [1.165, 1.54) is 38.9 Å². The summed E-state index contributed by atoms with van der Waals surface area (Å²) in [6.45, 7) is 4.29. The zero-order valence-electron chi connectivity index (χ0n) is 12.5. The molecule has 0 aliphatic heterocycles. The Morgan fingerprint density at radius 1 is 1.35 bits per heavy atom. The van der Waals surface area contributed by atoms with Crippen LogP contribution in [0.15, 0.2) is 18.2 Å². The molecule has 5 nitrogen and oxygen atoms in total. The number of anilines is 1. The van der Waals surface area contributed by atoms with Crippen LogP contribution < -0.4 is 10.1 Å². The molecule has 1 rings (SSSR count). The Hall–Kier alpha value is -1.78. The minimum Gasteiger partial charge on any atom is -0.490 e. The predicted molar refractivity (Wildman–Crippen MR) is 81.5 cm³/mol. The highest BCUT2D eigenvalue weighted by molar-refractivity contribution is 5.58. The molecule has 0 bridgehead atoms. The first kappa shape index (κ1) is 16.3. The maximum absolute atomic E-state index is 11.0. The summed E-state index contributed by atoms with van der Waals surface area (Å²) in [6.07, 6.45) is 5.98. The Balaban J connectivity index is 2.59. The van der Waals surface area contributed by atoms with Gasteiger partial charge in [-0.05, 0) is 25.5 Å². The number of benzene rings is 1. The smallest absolute Gasteiger partial charge is 0.312 e. The minimum absolute atomic E-state index is 0.00400.